The number of nitrogens with zero attached hydrogens (tertiary/aromatic N) is 2. The molecule has 94 valence electrons. The minimum absolute atomic E-state index is 0.130. The molecule has 1 saturated heterocycles. The van der Waals surface area contributed by atoms with Crippen molar-refractivity contribution >= 4 is 5.91 Å². The molecule has 0 aliphatic carbocycles. The third-order valence-corrected chi connectivity index (χ3v) is 3.61. The largest absolute Gasteiger partial charge is 0.341 e. The molecule has 1 heterocycles. The Morgan fingerprint density at radius 1 is 1.50 bits per heavy atom. The molecule has 1 rings (SSSR count). The van der Waals surface area contributed by atoms with Gasteiger partial charge in [-0.3, -0.25) is 9.69 Å². The van der Waals surface area contributed by atoms with Crippen LogP contribution < -0.4 is 5.73 Å². The van der Waals surface area contributed by atoms with E-state index in [1.807, 2.05) is 11.9 Å². The molecule has 4 heteroatoms. The van der Waals surface area contributed by atoms with Crippen molar-refractivity contribution in [2.75, 3.05) is 26.7 Å². The number of carbonyl (C=O) groups excluding carboxylic acids is 1. The standard InChI is InChI=1S/C12H25N3O/c1-4-5-7-15-8-6-10(2)14(3)11(9-13)12(15)16/h10-11H,4-9,13H2,1-3H3. The van der Waals surface area contributed by atoms with Crippen molar-refractivity contribution in [3.8, 4) is 0 Å². The van der Waals surface area contributed by atoms with E-state index in [-0.39, 0.29) is 11.9 Å². The number of likely N-dealkylation sites (N-methyl/N-ethyl adjacent to an activating group) is 1. The van der Waals surface area contributed by atoms with Gasteiger partial charge >= 0.3 is 0 Å². The summed E-state index contributed by atoms with van der Waals surface area (Å²) in [4.78, 5) is 16.3. The van der Waals surface area contributed by atoms with E-state index in [4.69, 9.17) is 5.73 Å². The van der Waals surface area contributed by atoms with E-state index >= 15 is 0 Å². The quantitative estimate of drug-likeness (QED) is 0.768. The van der Waals surface area contributed by atoms with Crippen molar-refractivity contribution in [1.29, 1.82) is 0 Å². The molecule has 0 radical (unpaired) electrons. The van der Waals surface area contributed by atoms with Gasteiger partial charge in [0, 0.05) is 25.7 Å². The summed E-state index contributed by atoms with van der Waals surface area (Å²) in [6, 6.07) is 0.304. The van der Waals surface area contributed by atoms with Crippen molar-refractivity contribution in [1.82, 2.24) is 9.80 Å². The maximum absolute atomic E-state index is 12.2. The predicted octanol–water partition coefficient (Wildman–Crippen LogP) is 0.666. The highest BCUT2D eigenvalue weighted by Crippen LogP contribution is 2.15. The van der Waals surface area contributed by atoms with Crippen LogP contribution in [0.1, 0.15) is 33.1 Å². The lowest BCUT2D eigenvalue weighted by atomic mass is 10.2. The first kappa shape index (κ1) is 13.5. The zero-order valence-corrected chi connectivity index (χ0v) is 10.8. The minimum atomic E-state index is -0.130. The van der Waals surface area contributed by atoms with Gasteiger partial charge in [-0.1, -0.05) is 13.3 Å². The third kappa shape index (κ3) is 2.95. The summed E-state index contributed by atoms with van der Waals surface area (Å²) in [5, 5.41) is 0. The molecule has 0 aromatic heterocycles. The van der Waals surface area contributed by atoms with E-state index in [1.54, 1.807) is 0 Å². The number of rotatable bonds is 4. The topological polar surface area (TPSA) is 49.6 Å². The zero-order chi connectivity index (χ0) is 12.1. The predicted molar refractivity (Wildman–Crippen MR) is 66.2 cm³/mol. The number of nitrogens with two attached hydrogens (primary N) is 1. The third-order valence-electron chi connectivity index (χ3n) is 3.61. The first-order chi connectivity index (χ1) is 7.61. The monoisotopic (exact) mass is 227 g/mol. The van der Waals surface area contributed by atoms with E-state index in [0.29, 0.717) is 12.6 Å². The summed E-state index contributed by atoms with van der Waals surface area (Å²) >= 11 is 0. The van der Waals surface area contributed by atoms with Gasteiger partial charge in [-0.25, -0.2) is 0 Å². The van der Waals surface area contributed by atoms with Gasteiger partial charge in [0.2, 0.25) is 5.91 Å². The van der Waals surface area contributed by atoms with Gasteiger partial charge in [0.15, 0.2) is 0 Å². The zero-order valence-electron chi connectivity index (χ0n) is 10.8. The molecule has 4 nitrogen and oxygen atoms in total. The lowest BCUT2D eigenvalue weighted by Crippen LogP contribution is -2.50. The summed E-state index contributed by atoms with van der Waals surface area (Å²) in [7, 11) is 2.00. The first-order valence-electron chi connectivity index (χ1n) is 6.32. The Morgan fingerprint density at radius 3 is 2.75 bits per heavy atom. The Morgan fingerprint density at radius 2 is 2.19 bits per heavy atom. The molecule has 0 aromatic carbocycles. The number of amides is 1. The average molecular weight is 227 g/mol. The fourth-order valence-electron chi connectivity index (χ4n) is 2.19. The number of unbranched alkanes of at least 4 members (excludes halogenated alkanes) is 1. The molecule has 2 unspecified atom stereocenters. The fraction of sp³-hybridized carbons (Fsp3) is 0.917. The van der Waals surface area contributed by atoms with Gasteiger partial charge < -0.3 is 10.6 Å². The van der Waals surface area contributed by atoms with Gasteiger partial charge in [-0.2, -0.15) is 0 Å². The van der Waals surface area contributed by atoms with Crippen LogP contribution >= 0.6 is 0 Å². The molecular weight excluding hydrogens is 202 g/mol. The maximum Gasteiger partial charge on any atom is 0.241 e. The van der Waals surface area contributed by atoms with E-state index in [1.165, 1.54) is 0 Å². The van der Waals surface area contributed by atoms with Crippen LogP contribution in [0, 0.1) is 0 Å². The van der Waals surface area contributed by atoms with Crippen LogP contribution in [0.15, 0.2) is 0 Å². The molecule has 1 aliphatic heterocycles. The van der Waals surface area contributed by atoms with E-state index < -0.39 is 0 Å². The number of carbonyl (C=O) groups is 1. The highest BCUT2D eigenvalue weighted by Gasteiger charge is 2.32. The molecule has 1 amide bonds. The van der Waals surface area contributed by atoms with Crippen LogP contribution in [0.3, 0.4) is 0 Å². The SMILES string of the molecule is CCCCN1CCC(C)N(C)C(CN)C1=O. The molecule has 0 spiro atoms. The molecule has 1 fully saturated rings. The molecule has 0 bridgehead atoms. The Balaban J connectivity index is 2.70. The highest BCUT2D eigenvalue weighted by molar-refractivity contribution is 5.82. The van der Waals surface area contributed by atoms with Crippen LogP contribution in [-0.2, 0) is 4.79 Å². The van der Waals surface area contributed by atoms with Crippen LogP contribution in [-0.4, -0.2) is 54.5 Å². The van der Waals surface area contributed by atoms with Crippen LogP contribution in [0.4, 0.5) is 0 Å². The normalized spacial score (nSPS) is 28.2. The van der Waals surface area contributed by atoms with E-state index in [9.17, 15) is 4.79 Å². The number of hydrogen-bond donors (Lipinski definition) is 1. The second-order valence-corrected chi connectivity index (χ2v) is 4.73. The lowest BCUT2D eigenvalue weighted by molar-refractivity contribution is -0.135. The molecule has 0 saturated carbocycles. The highest BCUT2D eigenvalue weighted by atomic mass is 16.2. The van der Waals surface area contributed by atoms with Crippen molar-refractivity contribution < 1.29 is 4.79 Å². The minimum Gasteiger partial charge on any atom is -0.341 e. The summed E-state index contributed by atoms with van der Waals surface area (Å²) in [5.41, 5.74) is 5.72. The first-order valence-corrected chi connectivity index (χ1v) is 6.32. The number of hydrogen-bond acceptors (Lipinski definition) is 3. The Hall–Kier alpha value is -0.610. The van der Waals surface area contributed by atoms with Crippen LogP contribution in [0.25, 0.3) is 0 Å². The lowest BCUT2D eigenvalue weighted by Gasteiger charge is -2.29. The molecule has 1 aliphatic rings. The smallest absolute Gasteiger partial charge is 0.241 e. The Kier molecular flexibility index (Phi) is 5.22. The molecule has 2 N–H and O–H groups in total. The van der Waals surface area contributed by atoms with Crippen molar-refractivity contribution in [3.63, 3.8) is 0 Å². The summed E-state index contributed by atoms with van der Waals surface area (Å²) in [6.07, 6.45) is 3.26. The van der Waals surface area contributed by atoms with Gasteiger partial charge in [-0.05, 0) is 26.8 Å². The van der Waals surface area contributed by atoms with Gasteiger partial charge in [0.25, 0.3) is 0 Å². The molecule has 16 heavy (non-hydrogen) atoms. The second-order valence-electron chi connectivity index (χ2n) is 4.73. The van der Waals surface area contributed by atoms with Crippen LogP contribution in [0.5, 0.6) is 0 Å². The van der Waals surface area contributed by atoms with Crippen molar-refractivity contribution in [2.45, 2.75) is 45.2 Å². The molecule has 2 atom stereocenters. The Labute approximate surface area is 98.8 Å². The van der Waals surface area contributed by atoms with Gasteiger partial charge in [0.05, 0.1) is 0 Å². The molecular formula is C12H25N3O. The average Bonchev–Trinajstić information content (AvgIpc) is 2.37. The van der Waals surface area contributed by atoms with E-state index in [2.05, 4.69) is 18.7 Å². The van der Waals surface area contributed by atoms with E-state index in [0.717, 1.165) is 32.4 Å². The second kappa shape index (κ2) is 6.21. The van der Waals surface area contributed by atoms with Gasteiger partial charge in [-0.15, -0.1) is 0 Å². The van der Waals surface area contributed by atoms with Crippen molar-refractivity contribution in [3.05, 3.63) is 0 Å². The summed E-state index contributed by atoms with van der Waals surface area (Å²) in [6.45, 7) is 6.49. The van der Waals surface area contributed by atoms with Gasteiger partial charge in [0.1, 0.15) is 6.04 Å². The maximum atomic E-state index is 12.2. The summed E-state index contributed by atoms with van der Waals surface area (Å²) < 4.78 is 0. The summed E-state index contributed by atoms with van der Waals surface area (Å²) in [5.74, 6) is 0.211. The molecule has 0 aromatic rings. The fourth-order valence-corrected chi connectivity index (χ4v) is 2.19. The van der Waals surface area contributed by atoms with Crippen LogP contribution in [0.2, 0.25) is 0 Å². The Bertz CT molecular complexity index is 232. The van der Waals surface area contributed by atoms with Crippen molar-refractivity contribution in [2.24, 2.45) is 5.73 Å².